The van der Waals surface area contributed by atoms with E-state index in [1.165, 1.54) is 33.4 Å². The number of benzene rings is 6. The van der Waals surface area contributed by atoms with E-state index in [-0.39, 0.29) is 11.5 Å². The third-order valence-electron chi connectivity index (χ3n) is 8.35. The second-order valence-electron chi connectivity index (χ2n) is 10.7. The van der Waals surface area contributed by atoms with E-state index in [2.05, 4.69) is 105 Å². The predicted octanol–water partition coefficient (Wildman–Crippen LogP) is 10.5. The molecule has 0 saturated carbocycles. The van der Waals surface area contributed by atoms with Crippen molar-refractivity contribution in [1.29, 1.82) is 0 Å². The first-order chi connectivity index (χ1) is 21.0. The summed E-state index contributed by atoms with van der Waals surface area (Å²) in [5, 5.41) is 22.0. The average molecular weight is 565 g/mol. The van der Waals surface area contributed by atoms with E-state index >= 15 is 0 Å². The predicted molar refractivity (Wildman–Crippen MR) is 181 cm³/mol. The van der Waals surface area contributed by atoms with Gasteiger partial charge in [0.05, 0.1) is 5.41 Å². The minimum absolute atomic E-state index is 0.257. The summed E-state index contributed by atoms with van der Waals surface area (Å²) >= 11 is 0. The number of aromatic hydroxyl groups is 2. The molecule has 2 N–H and O–H groups in total. The van der Waals surface area contributed by atoms with Crippen LogP contribution >= 0.6 is 0 Å². The van der Waals surface area contributed by atoms with Crippen molar-refractivity contribution < 1.29 is 10.2 Å². The summed E-state index contributed by atoms with van der Waals surface area (Å²) in [5.74, 6) is 0.525. The van der Waals surface area contributed by atoms with Gasteiger partial charge in [-0.1, -0.05) is 131 Å². The Bertz CT molecular complexity index is 1750. The molecule has 0 saturated heterocycles. The normalized spacial score (nSPS) is 12.3. The quantitative estimate of drug-likeness (QED) is 0.223. The highest BCUT2D eigenvalue weighted by Crippen LogP contribution is 2.56. The fourth-order valence-electron chi connectivity index (χ4n) is 6.21. The Balaban J connectivity index is 0.000000261. The Morgan fingerprint density at radius 3 is 1.44 bits per heavy atom. The van der Waals surface area contributed by atoms with E-state index in [0.717, 1.165) is 34.7 Å². The van der Waals surface area contributed by atoms with Crippen LogP contribution in [-0.4, -0.2) is 10.2 Å². The first-order valence-corrected chi connectivity index (χ1v) is 15.3. The number of aryl methyl sites for hydroxylation is 2. The Hall–Kier alpha value is -4.82. The summed E-state index contributed by atoms with van der Waals surface area (Å²) in [5.41, 5.74) is 9.57. The lowest BCUT2D eigenvalue weighted by Crippen LogP contribution is -2.28. The Labute approximate surface area is 255 Å². The van der Waals surface area contributed by atoms with Crippen molar-refractivity contribution in [2.24, 2.45) is 0 Å². The second-order valence-corrected chi connectivity index (χ2v) is 10.7. The molecule has 1 aliphatic carbocycles. The SMILES string of the molecule is CC.CCc1ccc(CC)cc1.Oc1ccc(C2(c3ccc4cc(O)ccc4c3)c3ccccc3-c3ccccc32)cc1. The maximum absolute atomic E-state index is 9.99. The van der Waals surface area contributed by atoms with Crippen molar-refractivity contribution in [3.63, 3.8) is 0 Å². The van der Waals surface area contributed by atoms with Crippen LogP contribution in [0, 0.1) is 0 Å². The van der Waals surface area contributed by atoms with Gasteiger partial charge in [0.1, 0.15) is 11.5 Å². The Morgan fingerprint density at radius 2 is 0.907 bits per heavy atom. The molecule has 0 unspecified atom stereocenters. The molecule has 0 aliphatic heterocycles. The molecule has 2 heteroatoms. The molecule has 0 atom stereocenters. The molecule has 7 rings (SSSR count). The number of phenols is 2. The van der Waals surface area contributed by atoms with Crippen molar-refractivity contribution in [2.45, 2.75) is 46.0 Å². The number of phenolic OH excluding ortho intramolecular Hbond substituents is 2. The number of rotatable bonds is 4. The zero-order chi connectivity index (χ0) is 30.4. The van der Waals surface area contributed by atoms with Crippen LogP contribution in [0.25, 0.3) is 21.9 Å². The molecule has 6 aromatic carbocycles. The molecule has 216 valence electrons. The van der Waals surface area contributed by atoms with Crippen LogP contribution < -0.4 is 0 Å². The summed E-state index contributed by atoms with van der Waals surface area (Å²) < 4.78 is 0. The summed E-state index contributed by atoms with van der Waals surface area (Å²) in [7, 11) is 0. The van der Waals surface area contributed by atoms with Gasteiger partial charge in [-0.2, -0.15) is 0 Å². The smallest absolute Gasteiger partial charge is 0.116 e. The van der Waals surface area contributed by atoms with Gasteiger partial charge in [-0.25, -0.2) is 0 Å². The summed E-state index contributed by atoms with van der Waals surface area (Å²) in [6.07, 6.45) is 2.29. The van der Waals surface area contributed by atoms with Crippen LogP contribution in [0.5, 0.6) is 11.5 Å². The Kier molecular flexibility index (Phi) is 8.97. The van der Waals surface area contributed by atoms with Gasteiger partial charge in [0, 0.05) is 0 Å². The molecule has 0 radical (unpaired) electrons. The van der Waals surface area contributed by atoms with Crippen LogP contribution in [0.3, 0.4) is 0 Å². The molecular weight excluding hydrogens is 524 g/mol. The van der Waals surface area contributed by atoms with E-state index < -0.39 is 5.41 Å². The number of hydrogen-bond acceptors (Lipinski definition) is 2. The lowest BCUT2D eigenvalue weighted by atomic mass is 9.67. The van der Waals surface area contributed by atoms with Crippen LogP contribution in [0.1, 0.15) is 61.1 Å². The monoisotopic (exact) mass is 564 g/mol. The first kappa shape index (κ1) is 29.7. The first-order valence-electron chi connectivity index (χ1n) is 15.3. The summed E-state index contributed by atoms with van der Waals surface area (Å²) in [6, 6.07) is 45.5. The lowest BCUT2D eigenvalue weighted by Gasteiger charge is -2.34. The van der Waals surface area contributed by atoms with Gasteiger partial charge >= 0.3 is 0 Å². The van der Waals surface area contributed by atoms with E-state index in [0.29, 0.717) is 0 Å². The van der Waals surface area contributed by atoms with Gasteiger partial charge in [0.25, 0.3) is 0 Å². The van der Waals surface area contributed by atoms with Crippen molar-refractivity contribution in [3.8, 4) is 22.6 Å². The number of fused-ring (bicyclic) bond motifs is 4. The minimum Gasteiger partial charge on any atom is -0.508 e. The molecular formula is C41H40O2. The van der Waals surface area contributed by atoms with Crippen LogP contribution in [-0.2, 0) is 18.3 Å². The highest BCUT2D eigenvalue weighted by Gasteiger charge is 2.45. The van der Waals surface area contributed by atoms with Crippen LogP contribution in [0.15, 0.2) is 133 Å². The van der Waals surface area contributed by atoms with E-state index in [4.69, 9.17) is 0 Å². The van der Waals surface area contributed by atoms with Gasteiger partial charge in [-0.15, -0.1) is 0 Å². The largest absolute Gasteiger partial charge is 0.508 e. The highest BCUT2D eigenvalue weighted by atomic mass is 16.3. The van der Waals surface area contributed by atoms with E-state index in [9.17, 15) is 10.2 Å². The molecule has 2 nitrogen and oxygen atoms in total. The average Bonchev–Trinajstić information content (AvgIpc) is 3.37. The second kappa shape index (κ2) is 13.0. The van der Waals surface area contributed by atoms with Crippen molar-refractivity contribution in [3.05, 3.63) is 167 Å². The van der Waals surface area contributed by atoms with E-state index in [1.807, 2.05) is 32.0 Å². The Morgan fingerprint density at radius 1 is 0.465 bits per heavy atom. The van der Waals surface area contributed by atoms with Gasteiger partial charge in [-0.05, 0) is 98.5 Å². The maximum Gasteiger partial charge on any atom is 0.116 e. The molecule has 1 aliphatic rings. The lowest BCUT2D eigenvalue weighted by molar-refractivity contribution is 0.474. The van der Waals surface area contributed by atoms with E-state index in [1.54, 1.807) is 24.3 Å². The van der Waals surface area contributed by atoms with Gasteiger partial charge < -0.3 is 10.2 Å². The van der Waals surface area contributed by atoms with Gasteiger partial charge in [-0.3, -0.25) is 0 Å². The summed E-state index contributed by atoms with van der Waals surface area (Å²) in [6.45, 7) is 8.36. The molecule has 0 heterocycles. The molecule has 43 heavy (non-hydrogen) atoms. The third kappa shape index (κ3) is 5.53. The molecule has 0 amide bonds. The summed E-state index contributed by atoms with van der Waals surface area (Å²) in [4.78, 5) is 0. The standard InChI is InChI=1S/C29H20O2.C10H14.C2H6/c30-23-15-12-21(13-16-23)29(22-11-9-20-18-24(31)14-10-19(20)17-22)27-7-3-1-5-25(27)26-6-2-4-8-28(26)29;1-3-9-5-7-10(4-2)8-6-9;1-2/h1-18,30-31H;5-8H,3-4H2,1-2H3;1-2H3. The van der Waals surface area contributed by atoms with Crippen LogP contribution in [0.4, 0.5) is 0 Å². The molecule has 0 aromatic heterocycles. The van der Waals surface area contributed by atoms with Crippen molar-refractivity contribution in [2.75, 3.05) is 0 Å². The third-order valence-corrected chi connectivity index (χ3v) is 8.35. The van der Waals surface area contributed by atoms with Crippen molar-refractivity contribution >= 4 is 10.8 Å². The molecule has 6 aromatic rings. The molecule has 0 bridgehead atoms. The van der Waals surface area contributed by atoms with Crippen molar-refractivity contribution in [1.82, 2.24) is 0 Å². The highest BCUT2D eigenvalue weighted by molar-refractivity contribution is 5.89. The number of hydrogen-bond donors (Lipinski definition) is 2. The minimum atomic E-state index is -0.493. The molecule has 0 fully saturated rings. The maximum atomic E-state index is 9.99. The zero-order valence-corrected chi connectivity index (χ0v) is 25.5. The molecule has 0 spiro atoms. The van der Waals surface area contributed by atoms with Crippen LogP contribution in [0.2, 0.25) is 0 Å². The fourth-order valence-corrected chi connectivity index (χ4v) is 6.21. The fraction of sp³-hybridized carbons (Fsp3) is 0.171. The van der Waals surface area contributed by atoms with Gasteiger partial charge in [0.2, 0.25) is 0 Å². The zero-order valence-electron chi connectivity index (χ0n) is 25.5. The van der Waals surface area contributed by atoms with Gasteiger partial charge in [0.15, 0.2) is 0 Å². The topological polar surface area (TPSA) is 40.5 Å².